The summed E-state index contributed by atoms with van der Waals surface area (Å²) in [5.74, 6) is -5.03. The summed E-state index contributed by atoms with van der Waals surface area (Å²) in [5.41, 5.74) is -2.67. The van der Waals surface area contributed by atoms with Crippen LogP contribution >= 0.6 is 0 Å². The van der Waals surface area contributed by atoms with Gasteiger partial charge in [-0.1, -0.05) is 12.1 Å². The van der Waals surface area contributed by atoms with Gasteiger partial charge in [-0.25, -0.2) is 4.90 Å². The zero-order valence-corrected chi connectivity index (χ0v) is 17.7. The van der Waals surface area contributed by atoms with E-state index in [1.807, 2.05) is 0 Å². The van der Waals surface area contributed by atoms with Crippen LogP contribution in [0.25, 0.3) is 0 Å². The Morgan fingerprint density at radius 3 is 2.28 bits per heavy atom. The van der Waals surface area contributed by atoms with Gasteiger partial charge in [0.05, 0.1) is 28.0 Å². The molecule has 1 aromatic rings. The fourth-order valence-electron chi connectivity index (χ4n) is 4.75. The molecule has 0 aromatic heterocycles. The van der Waals surface area contributed by atoms with Crippen LogP contribution in [0.1, 0.15) is 26.3 Å². The lowest BCUT2D eigenvalue weighted by Gasteiger charge is -2.34. The van der Waals surface area contributed by atoms with E-state index in [-0.39, 0.29) is 11.4 Å². The molecule has 11 nitrogen and oxygen atoms in total. The first kappa shape index (κ1) is 21.6. The fraction of sp³-hybridized carbons (Fsp3) is 0.429. The molecule has 3 heterocycles. The van der Waals surface area contributed by atoms with Gasteiger partial charge in [0.1, 0.15) is 0 Å². The van der Waals surface area contributed by atoms with Crippen molar-refractivity contribution in [1.29, 1.82) is 0 Å². The van der Waals surface area contributed by atoms with Gasteiger partial charge in [-0.3, -0.25) is 29.3 Å². The van der Waals surface area contributed by atoms with Crippen LogP contribution in [0.15, 0.2) is 30.4 Å². The molecule has 1 aromatic carbocycles. The molecule has 0 spiro atoms. The van der Waals surface area contributed by atoms with Crippen molar-refractivity contribution in [2.24, 2.45) is 11.8 Å². The maximum Gasteiger partial charge on any atom is 0.305 e. The van der Waals surface area contributed by atoms with Crippen LogP contribution in [-0.4, -0.2) is 46.2 Å². The number of nitro benzene ring substituents is 1. The predicted molar refractivity (Wildman–Crippen MR) is 106 cm³/mol. The third kappa shape index (κ3) is 2.92. The highest BCUT2D eigenvalue weighted by Crippen LogP contribution is 2.59. The first-order chi connectivity index (χ1) is 14.9. The number of rotatable bonds is 5. The average Bonchev–Trinajstić information content (AvgIpc) is 3.27. The highest BCUT2D eigenvalue weighted by atomic mass is 16.7. The highest BCUT2D eigenvalue weighted by Gasteiger charge is 2.76. The molecule has 0 unspecified atom stereocenters. The molecule has 2 fully saturated rings. The van der Waals surface area contributed by atoms with E-state index in [4.69, 9.17) is 14.2 Å². The number of aryl methyl sites for hydroxylation is 1. The summed E-state index contributed by atoms with van der Waals surface area (Å²) in [5, 5.41) is 11.2. The molecule has 3 aliphatic heterocycles. The van der Waals surface area contributed by atoms with Gasteiger partial charge in [-0.2, -0.15) is 0 Å². The molecule has 4 rings (SSSR count). The van der Waals surface area contributed by atoms with E-state index >= 15 is 0 Å². The number of carbonyl (C=O) groups is 4. The summed E-state index contributed by atoms with van der Waals surface area (Å²) in [6.45, 7) is 5.44. The molecule has 2 amide bonds. The molecule has 3 aliphatic rings. The fourth-order valence-corrected chi connectivity index (χ4v) is 4.75. The van der Waals surface area contributed by atoms with Gasteiger partial charge in [0.2, 0.25) is 11.8 Å². The van der Waals surface area contributed by atoms with Crippen LogP contribution in [0.2, 0.25) is 0 Å². The number of anilines is 1. The smallest absolute Gasteiger partial charge is 0.305 e. The minimum Gasteiger partial charge on any atom is -0.422 e. The molecule has 2 saturated heterocycles. The molecule has 4 atom stereocenters. The largest absolute Gasteiger partial charge is 0.422 e. The Labute approximate surface area is 182 Å². The maximum atomic E-state index is 13.6. The van der Waals surface area contributed by atoms with Gasteiger partial charge in [0.25, 0.3) is 12.0 Å². The number of nitrogens with zero attached hydrogens (tertiary/aromatic N) is 2. The summed E-state index contributed by atoms with van der Waals surface area (Å²) >= 11 is 0. The normalized spacial score (nSPS) is 30.1. The topological polar surface area (TPSA) is 142 Å². The molecular formula is C21H20N2O9. The molecular weight excluding hydrogens is 424 g/mol. The molecule has 11 heteroatoms. The van der Waals surface area contributed by atoms with Crippen LogP contribution < -0.4 is 4.90 Å². The van der Waals surface area contributed by atoms with E-state index in [0.29, 0.717) is 5.56 Å². The van der Waals surface area contributed by atoms with Crippen molar-refractivity contribution < 1.29 is 38.3 Å². The van der Waals surface area contributed by atoms with Crippen LogP contribution in [0.3, 0.4) is 0 Å². The first-order valence-electron chi connectivity index (χ1n) is 9.79. The van der Waals surface area contributed by atoms with Crippen molar-refractivity contribution in [1.82, 2.24) is 0 Å². The lowest BCUT2D eigenvalue weighted by Crippen LogP contribution is -2.52. The van der Waals surface area contributed by atoms with Crippen molar-refractivity contribution in [3.63, 3.8) is 0 Å². The number of hydrogen-bond acceptors (Lipinski definition) is 9. The Balaban J connectivity index is 1.82. The number of esters is 2. The quantitative estimate of drug-likeness (QED) is 0.165. The van der Waals surface area contributed by atoms with Crippen molar-refractivity contribution in [2.75, 3.05) is 4.90 Å². The number of fused-ring (bicyclic) bond motifs is 5. The van der Waals surface area contributed by atoms with Crippen LogP contribution in [0.4, 0.5) is 11.4 Å². The molecule has 0 aliphatic carbocycles. The number of hydrogen-bond donors (Lipinski definition) is 0. The second-order valence-corrected chi connectivity index (χ2v) is 8.22. The number of non-ortho nitro benzene ring substituents is 1. The zero-order valence-electron chi connectivity index (χ0n) is 17.7. The van der Waals surface area contributed by atoms with Crippen LogP contribution in [0, 0.1) is 28.9 Å². The summed E-state index contributed by atoms with van der Waals surface area (Å²) in [7, 11) is 0. The summed E-state index contributed by atoms with van der Waals surface area (Å²) < 4.78 is 16.4. The van der Waals surface area contributed by atoms with Gasteiger partial charge < -0.3 is 14.2 Å². The lowest BCUT2D eigenvalue weighted by molar-refractivity contribution is -0.384. The number of nitro groups is 1. The molecule has 2 bridgehead atoms. The van der Waals surface area contributed by atoms with Gasteiger partial charge in [0, 0.05) is 26.0 Å². The van der Waals surface area contributed by atoms with E-state index in [1.54, 1.807) is 19.9 Å². The van der Waals surface area contributed by atoms with E-state index in [1.165, 1.54) is 18.2 Å². The summed E-state index contributed by atoms with van der Waals surface area (Å²) in [6, 6.07) is 3.88. The molecule has 168 valence electrons. The monoisotopic (exact) mass is 444 g/mol. The number of benzene rings is 1. The number of ether oxygens (including phenoxy) is 3. The summed E-state index contributed by atoms with van der Waals surface area (Å²) in [6.07, 6.45) is 1.44. The van der Waals surface area contributed by atoms with Crippen molar-refractivity contribution in [3.05, 3.63) is 46.0 Å². The van der Waals surface area contributed by atoms with Gasteiger partial charge in [-0.05, 0) is 25.5 Å². The van der Waals surface area contributed by atoms with Crippen molar-refractivity contribution >= 4 is 35.1 Å². The SMILES string of the molecule is CC(=O)OC(OC(C)=O)[C@@]12C=C[C@@](C)(O1)[C@H]1C(=O)N(c3cc([N+](=O)[O-])ccc3C)C(=O)[C@H]12. The van der Waals surface area contributed by atoms with E-state index in [0.717, 1.165) is 24.8 Å². The predicted octanol–water partition coefficient (Wildman–Crippen LogP) is 1.56. The molecule has 32 heavy (non-hydrogen) atoms. The van der Waals surface area contributed by atoms with Crippen LogP contribution in [0.5, 0.6) is 0 Å². The van der Waals surface area contributed by atoms with Gasteiger partial charge >= 0.3 is 11.9 Å². The highest BCUT2D eigenvalue weighted by molar-refractivity contribution is 6.24. The number of amides is 2. The zero-order chi connectivity index (χ0) is 23.6. The van der Waals surface area contributed by atoms with Crippen LogP contribution in [-0.2, 0) is 33.4 Å². The Bertz CT molecular complexity index is 1100. The Morgan fingerprint density at radius 2 is 1.72 bits per heavy atom. The third-order valence-electron chi connectivity index (χ3n) is 6.04. The van der Waals surface area contributed by atoms with E-state index in [9.17, 15) is 29.3 Å². The van der Waals surface area contributed by atoms with Crippen molar-refractivity contribution in [3.8, 4) is 0 Å². The summed E-state index contributed by atoms with van der Waals surface area (Å²) in [4.78, 5) is 61.9. The minimum absolute atomic E-state index is 0.0817. The number of imide groups is 1. The number of carbonyl (C=O) groups excluding carboxylic acids is 4. The minimum atomic E-state index is -1.72. The Morgan fingerprint density at radius 1 is 1.12 bits per heavy atom. The van der Waals surface area contributed by atoms with Gasteiger partial charge in [-0.15, -0.1) is 0 Å². The Kier molecular flexibility index (Phi) is 4.70. The average molecular weight is 444 g/mol. The maximum absolute atomic E-state index is 13.6. The standard InChI is InChI=1S/C21H20N2O9/c1-10-5-6-13(23(28)29)9-14(10)22-17(26)15-16(18(22)27)21(8-7-20(15,4)32-21)19(30-11(2)24)31-12(3)25/h5-9,15-16,19H,1-4H3/t15-,16+,20-,21+/m1/s1. The van der Waals surface area contributed by atoms with Crippen molar-refractivity contribution in [2.45, 2.75) is 45.2 Å². The molecule has 0 radical (unpaired) electrons. The Hall–Kier alpha value is -3.60. The van der Waals surface area contributed by atoms with E-state index in [2.05, 4.69) is 0 Å². The lowest BCUT2D eigenvalue weighted by atomic mass is 9.72. The third-order valence-corrected chi connectivity index (χ3v) is 6.04. The second-order valence-electron chi connectivity index (χ2n) is 8.22. The molecule has 0 saturated carbocycles. The first-order valence-corrected chi connectivity index (χ1v) is 9.79. The van der Waals surface area contributed by atoms with E-state index < -0.39 is 58.0 Å². The second kappa shape index (κ2) is 6.95. The molecule has 0 N–H and O–H groups in total. The van der Waals surface area contributed by atoms with Gasteiger partial charge in [0.15, 0.2) is 5.60 Å².